The minimum atomic E-state index is 0.788. The molecule has 17 heavy (non-hydrogen) atoms. The fraction of sp³-hybridized carbons (Fsp3) is 0.538. The first-order valence-electron chi connectivity index (χ1n) is 5.98. The predicted molar refractivity (Wildman–Crippen MR) is 80.2 cm³/mol. The van der Waals surface area contributed by atoms with Crippen molar-refractivity contribution in [3.8, 4) is 0 Å². The molecule has 0 aliphatic heterocycles. The van der Waals surface area contributed by atoms with E-state index in [0.29, 0.717) is 0 Å². The van der Waals surface area contributed by atoms with Gasteiger partial charge in [-0.1, -0.05) is 12.1 Å². The number of rotatable bonds is 9. The summed E-state index contributed by atoms with van der Waals surface area (Å²) < 4.78 is 6.24. The van der Waals surface area contributed by atoms with Crippen LogP contribution in [0.4, 0.5) is 0 Å². The van der Waals surface area contributed by atoms with Crippen LogP contribution in [0.3, 0.4) is 0 Å². The van der Waals surface area contributed by atoms with E-state index in [2.05, 4.69) is 57.5 Å². The molecule has 0 saturated heterocycles. The van der Waals surface area contributed by atoms with E-state index in [-0.39, 0.29) is 0 Å². The monoisotopic (exact) mass is 348 g/mol. The Labute approximate surface area is 117 Å². The first-order valence-corrected chi connectivity index (χ1v) is 7.05. The lowest BCUT2D eigenvalue weighted by molar-refractivity contribution is 0.199. The molecule has 0 aliphatic carbocycles. The molecule has 0 fully saturated rings. The smallest absolute Gasteiger partial charge is 0.0587 e. The first kappa shape index (κ1) is 14.9. The zero-order valence-corrected chi connectivity index (χ0v) is 12.5. The molecule has 1 rings (SSSR count). The zero-order chi connectivity index (χ0) is 12.3. The van der Waals surface area contributed by atoms with Crippen LogP contribution >= 0.6 is 22.6 Å². The average Bonchev–Trinajstić information content (AvgIpc) is 2.35. The van der Waals surface area contributed by atoms with Gasteiger partial charge in [0.2, 0.25) is 0 Å². The molecule has 0 aromatic heterocycles. The fourth-order valence-corrected chi connectivity index (χ4v) is 1.83. The molecule has 3 nitrogen and oxygen atoms in total. The summed E-state index contributed by atoms with van der Waals surface area (Å²) in [5.74, 6) is 0. The van der Waals surface area contributed by atoms with Gasteiger partial charge in [0.25, 0.3) is 0 Å². The van der Waals surface area contributed by atoms with E-state index in [1.54, 1.807) is 7.11 Å². The summed E-state index contributed by atoms with van der Waals surface area (Å²) in [6, 6.07) is 8.63. The van der Waals surface area contributed by atoms with Crippen LogP contribution < -0.4 is 10.6 Å². The van der Waals surface area contributed by atoms with Crippen LogP contribution in [0, 0.1) is 3.57 Å². The number of hydrogen-bond acceptors (Lipinski definition) is 3. The molecule has 0 spiro atoms. The normalized spacial score (nSPS) is 10.7. The van der Waals surface area contributed by atoms with Crippen LogP contribution in [0.25, 0.3) is 0 Å². The summed E-state index contributed by atoms with van der Waals surface area (Å²) in [5, 5.41) is 6.76. The topological polar surface area (TPSA) is 33.3 Å². The van der Waals surface area contributed by atoms with Gasteiger partial charge in [-0.25, -0.2) is 0 Å². The molecular formula is C13H21IN2O. The number of benzene rings is 1. The Morgan fingerprint density at radius 1 is 1.06 bits per heavy atom. The van der Waals surface area contributed by atoms with Gasteiger partial charge in [0, 0.05) is 23.8 Å². The molecule has 0 amide bonds. The van der Waals surface area contributed by atoms with Gasteiger partial charge in [0.15, 0.2) is 0 Å². The minimum absolute atomic E-state index is 0.788. The van der Waals surface area contributed by atoms with Gasteiger partial charge in [-0.15, -0.1) is 0 Å². The molecule has 0 unspecified atom stereocenters. The molecule has 4 heteroatoms. The Morgan fingerprint density at radius 3 is 2.47 bits per heavy atom. The highest BCUT2D eigenvalue weighted by molar-refractivity contribution is 14.1. The highest BCUT2D eigenvalue weighted by Crippen LogP contribution is 2.06. The van der Waals surface area contributed by atoms with Gasteiger partial charge < -0.3 is 15.4 Å². The van der Waals surface area contributed by atoms with Crippen molar-refractivity contribution < 1.29 is 4.74 Å². The summed E-state index contributed by atoms with van der Waals surface area (Å²) in [6.45, 7) is 4.77. The van der Waals surface area contributed by atoms with Crippen LogP contribution in [-0.4, -0.2) is 33.4 Å². The molecular weight excluding hydrogens is 327 g/mol. The van der Waals surface area contributed by atoms with Gasteiger partial charge in [0.1, 0.15) is 0 Å². The van der Waals surface area contributed by atoms with Crippen LogP contribution in [0.2, 0.25) is 0 Å². The maximum atomic E-state index is 4.96. The largest absolute Gasteiger partial charge is 0.383 e. The van der Waals surface area contributed by atoms with Gasteiger partial charge in [-0.05, 0) is 59.8 Å². The second-order valence-electron chi connectivity index (χ2n) is 3.90. The van der Waals surface area contributed by atoms with E-state index in [9.17, 15) is 0 Å². The molecule has 1 aromatic carbocycles. The lowest BCUT2D eigenvalue weighted by atomic mass is 10.2. The minimum Gasteiger partial charge on any atom is -0.383 e. The van der Waals surface area contributed by atoms with E-state index in [0.717, 1.165) is 39.2 Å². The molecule has 0 saturated carbocycles. The summed E-state index contributed by atoms with van der Waals surface area (Å²) in [6.07, 6.45) is 1.15. The van der Waals surface area contributed by atoms with Crippen LogP contribution in [0.15, 0.2) is 24.3 Å². The third-order valence-electron chi connectivity index (χ3n) is 2.43. The molecule has 0 radical (unpaired) electrons. The lowest BCUT2D eigenvalue weighted by Gasteiger charge is -2.06. The second kappa shape index (κ2) is 9.82. The zero-order valence-electron chi connectivity index (χ0n) is 10.3. The Kier molecular flexibility index (Phi) is 8.60. The maximum absolute atomic E-state index is 4.96. The van der Waals surface area contributed by atoms with Crippen molar-refractivity contribution in [3.05, 3.63) is 33.4 Å². The van der Waals surface area contributed by atoms with Crippen molar-refractivity contribution in [2.75, 3.05) is 33.4 Å². The highest BCUT2D eigenvalue weighted by Gasteiger charge is 1.93. The SMILES string of the molecule is COCCNCCCNCc1ccc(I)cc1. The molecule has 2 N–H and O–H groups in total. The number of hydrogen-bond donors (Lipinski definition) is 2. The Balaban J connectivity index is 1.95. The first-order chi connectivity index (χ1) is 8.33. The quantitative estimate of drug-likeness (QED) is 0.529. The third-order valence-corrected chi connectivity index (χ3v) is 3.15. The van der Waals surface area contributed by atoms with Crippen LogP contribution in [0.1, 0.15) is 12.0 Å². The lowest BCUT2D eigenvalue weighted by Crippen LogP contribution is -2.24. The molecule has 0 heterocycles. The van der Waals surface area contributed by atoms with Crippen molar-refractivity contribution in [3.63, 3.8) is 0 Å². The van der Waals surface area contributed by atoms with Crippen molar-refractivity contribution >= 4 is 22.6 Å². The summed E-state index contributed by atoms with van der Waals surface area (Å²) in [7, 11) is 1.73. The fourth-order valence-electron chi connectivity index (χ4n) is 1.47. The van der Waals surface area contributed by atoms with Crippen molar-refractivity contribution in [1.29, 1.82) is 0 Å². The Morgan fingerprint density at radius 2 is 1.76 bits per heavy atom. The molecule has 1 aromatic rings. The van der Waals surface area contributed by atoms with Gasteiger partial charge in [-0.3, -0.25) is 0 Å². The summed E-state index contributed by atoms with van der Waals surface area (Å²) in [4.78, 5) is 0. The number of halogens is 1. The Hall–Kier alpha value is -0.170. The summed E-state index contributed by atoms with van der Waals surface area (Å²) in [5.41, 5.74) is 1.35. The van der Waals surface area contributed by atoms with E-state index in [1.165, 1.54) is 9.13 Å². The molecule has 0 bridgehead atoms. The van der Waals surface area contributed by atoms with Gasteiger partial charge in [-0.2, -0.15) is 0 Å². The standard InChI is InChI=1S/C13H21IN2O/c1-17-10-9-15-7-2-8-16-11-12-3-5-13(14)6-4-12/h3-6,15-16H,2,7-11H2,1H3. The number of nitrogens with one attached hydrogen (secondary N) is 2. The predicted octanol–water partition coefficient (Wildman–Crippen LogP) is 2.01. The average molecular weight is 348 g/mol. The van der Waals surface area contributed by atoms with E-state index in [4.69, 9.17) is 4.74 Å². The van der Waals surface area contributed by atoms with E-state index in [1.807, 2.05) is 0 Å². The number of ether oxygens (including phenoxy) is 1. The molecule has 0 aliphatic rings. The van der Waals surface area contributed by atoms with E-state index >= 15 is 0 Å². The van der Waals surface area contributed by atoms with Crippen molar-refractivity contribution in [1.82, 2.24) is 10.6 Å². The van der Waals surface area contributed by atoms with Crippen LogP contribution in [-0.2, 0) is 11.3 Å². The van der Waals surface area contributed by atoms with E-state index < -0.39 is 0 Å². The summed E-state index contributed by atoms with van der Waals surface area (Å²) >= 11 is 2.32. The Bertz CT molecular complexity index is 290. The number of methoxy groups -OCH3 is 1. The maximum Gasteiger partial charge on any atom is 0.0587 e. The van der Waals surface area contributed by atoms with Crippen molar-refractivity contribution in [2.24, 2.45) is 0 Å². The molecule has 96 valence electrons. The molecule has 0 atom stereocenters. The third kappa shape index (κ3) is 7.70. The highest BCUT2D eigenvalue weighted by atomic mass is 127. The van der Waals surface area contributed by atoms with Crippen molar-refractivity contribution in [2.45, 2.75) is 13.0 Å². The van der Waals surface area contributed by atoms with Crippen LogP contribution in [0.5, 0.6) is 0 Å². The second-order valence-corrected chi connectivity index (χ2v) is 5.15. The van der Waals surface area contributed by atoms with Gasteiger partial charge >= 0.3 is 0 Å². The van der Waals surface area contributed by atoms with Gasteiger partial charge in [0.05, 0.1) is 6.61 Å².